The average molecular weight is 130 g/mol. The van der Waals surface area contributed by atoms with Crippen LogP contribution in [0.25, 0.3) is 0 Å². The zero-order valence-electron chi connectivity index (χ0n) is 5.80. The van der Waals surface area contributed by atoms with E-state index < -0.39 is 5.60 Å². The summed E-state index contributed by atoms with van der Waals surface area (Å²) in [6.07, 6.45) is 2.59. The summed E-state index contributed by atoms with van der Waals surface area (Å²) in [5, 5.41) is 18.1. The van der Waals surface area contributed by atoms with E-state index in [1.165, 1.54) is 0 Å². The summed E-state index contributed by atoms with van der Waals surface area (Å²) in [5.74, 6) is 0.585. The molecular weight excluding hydrogens is 116 g/mol. The van der Waals surface area contributed by atoms with E-state index >= 15 is 0 Å². The summed E-state index contributed by atoms with van der Waals surface area (Å²) in [5.41, 5.74) is -0.737. The fourth-order valence-electron chi connectivity index (χ4n) is 1.51. The average Bonchev–Trinajstić information content (AvgIpc) is 2.13. The van der Waals surface area contributed by atoms with Crippen LogP contribution in [0.4, 0.5) is 0 Å². The largest absolute Gasteiger partial charge is 0.393 e. The molecule has 0 amide bonds. The molecule has 2 heteroatoms. The lowest BCUT2D eigenvalue weighted by atomic mass is 10.0. The third-order valence-corrected chi connectivity index (χ3v) is 2.13. The van der Waals surface area contributed by atoms with Gasteiger partial charge in [-0.05, 0) is 25.2 Å². The van der Waals surface area contributed by atoms with E-state index in [9.17, 15) is 5.11 Å². The highest BCUT2D eigenvalue weighted by Gasteiger charge is 2.34. The van der Waals surface area contributed by atoms with Gasteiger partial charge in [-0.15, -0.1) is 0 Å². The highest BCUT2D eigenvalue weighted by molar-refractivity contribution is 4.86. The summed E-state index contributed by atoms with van der Waals surface area (Å²) < 4.78 is 0. The van der Waals surface area contributed by atoms with Gasteiger partial charge in [-0.3, -0.25) is 0 Å². The molecule has 0 aromatic rings. The lowest BCUT2D eigenvalue weighted by Gasteiger charge is -2.18. The third kappa shape index (κ3) is 1.43. The number of hydrogen-bond acceptors (Lipinski definition) is 2. The van der Waals surface area contributed by atoms with E-state index in [4.69, 9.17) is 5.11 Å². The minimum Gasteiger partial charge on any atom is -0.393 e. The lowest BCUT2D eigenvalue weighted by Crippen LogP contribution is -2.29. The first kappa shape index (κ1) is 7.03. The topological polar surface area (TPSA) is 40.5 Å². The molecule has 1 saturated carbocycles. The number of aliphatic hydroxyl groups is 2. The Morgan fingerprint density at radius 2 is 2.33 bits per heavy atom. The predicted octanol–water partition coefficient (Wildman–Crippen LogP) is 0.530. The second-order valence-corrected chi connectivity index (χ2v) is 3.23. The smallest absolute Gasteiger partial charge is 0.0880 e. The van der Waals surface area contributed by atoms with Gasteiger partial charge in [0.05, 0.1) is 12.2 Å². The maximum absolute atomic E-state index is 9.42. The summed E-state index contributed by atoms with van der Waals surface area (Å²) in [6.45, 7) is 2.03. The van der Waals surface area contributed by atoms with Crippen LogP contribution >= 0.6 is 0 Å². The lowest BCUT2D eigenvalue weighted by molar-refractivity contribution is -0.0107. The molecule has 1 rings (SSSR count). The highest BCUT2D eigenvalue weighted by atomic mass is 16.3. The fourth-order valence-corrected chi connectivity index (χ4v) is 1.51. The highest BCUT2D eigenvalue weighted by Crippen LogP contribution is 2.33. The monoisotopic (exact) mass is 130 g/mol. The molecule has 2 atom stereocenters. The van der Waals surface area contributed by atoms with E-state index in [1.807, 2.05) is 0 Å². The molecule has 2 N–H and O–H groups in total. The maximum Gasteiger partial charge on any atom is 0.0880 e. The van der Waals surface area contributed by atoms with Crippen molar-refractivity contribution < 1.29 is 10.2 Å². The van der Waals surface area contributed by atoms with Gasteiger partial charge in [-0.1, -0.05) is 6.92 Å². The van der Waals surface area contributed by atoms with Crippen LogP contribution in [0.1, 0.15) is 26.2 Å². The van der Waals surface area contributed by atoms with Crippen molar-refractivity contribution in [1.29, 1.82) is 0 Å². The Hall–Kier alpha value is -0.0800. The Morgan fingerprint density at radius 3 is 2.56 bits per heavy atom. The van der Waals surface area contributed by atoms with Gasteiger partial charge in [0.15, 0.2) is 0 Å². The zero-order chi connectivity index (χ0) is 6.91. The summed E-state index contributed by atoms with van der Waals surface area (Å²) in [6, 6.07) is 0. The second-order valence-electron chi connectivity index (χ2n) is 3.23. The molecule has 0 aromatic carbocycles. The van der Waals surface area contributed by atoms with Crippen molar-refractivity contribution >= 4 is 0 Å². The molecule has 1 aliphatic rings. The summed E-state index contributed by atoms with van der Waals surface area (Å²) in [4.78, 5) is 0. The van der Waals surface area contributed by atoms with E-state index in [0.717, 1.165) is 19.3 Å². The number of rotatable bonds is 1. The molecule has 0 radical (unpaired) electrons. The van der Waals surface area contributed by atoms with E-state index in [0.29, 0.717) is 5.92 Å². The van der Waals surface area contributed by atoms with E-state index in [-0.39, 0.29) is 6.61 Å². The van der Waals surface area contributed by atoms with Gasteiger partial charge in [0.2, 0.25) is 0 Å². The Labute approximate surface area is 55.5 Å². The van der Waals surface area contributed by atoms with Crippen LogP contribution in [0.2, 0.25) is 0 Å². The molecule has 0 heterocycles. The van der Waals surface area contributed by atoms with Gasteiger partial charge in [-0.2, -0.15) is 0 Å². The first-order chi connectivity index (χ1) is 4.16. The Kier molecular flexibility index (Phi) is 1.78. The van der Waals surface area contributed by atoms with Gasteiger partial charge in [0.25, 0.3) is 0 Å². The van der Waals surface area contributed by atoms with Crippen LogP contribution in [-0.4, -0.2) is 22.4 Å². The molecule has 2 nitrogen and oxygen atoms in total. The Morgan fingerprint density at radius 1 is 1.67 bits per heavy atom. The standard InChI is InChI=1S/C7H14O2/c1-6-2-3-7(9,4-6)5-8/h6,8-9H,2-5H2,1H3. The van der Waals surface area contributed by atoms with Gasteiger partial charge < -0.3 is 10.2 Å². The molecule has 0 aromatic heterocycles. The quantitative estimate of drug-likeness (QED) is 0.543. The molecule has 54 valence electrons. The second kappa shape index (κ2) is 2.27. The first-order valence-electron chi connectivity index (χ1n) is 3.49. The van der Waals surface area contributed by atoms with Gasteiger partial charge >= 0.3 is 0 Å². The van der Waals surface area contributed by atoms with Crippen LogP contribution in [0.3, 0.4) is 0 Å². The molecular formula is C7H14O2. The van der Waals surface area contributed by atoms with E-state index in [2.05, 4.69) is 6.92 Å². The molecule has 9 heavy (non-hydrogen) atoms. The van der Waals surface area contributed by atoms with Gasteiger partial charge in [-0.25, -0.2) is 0 Å². The van der Waals surface area contributed by atoms with E-state index in [1.54, 1.807) is 0 Å². The minimum absolute atomic E-state index is 0.0721. The van der Waals surface area contributed by atoms with Crippen LogP contribution < -0.4 is 0 Å². The Bertz CT molecular complexity index is 103. The van der Waals surface area contributed by atoms with Crippen molar-refractivity contribution in [1.82, 2.24) is 0 Å². The van der Waals surface area contributed by atoms with Crippen LogP contribution in [-0.2, 0) is 0 Å². The number of aliphatic hydroxyl groups excluding tert-OH is 1. The number of hydrogen-bond donors (Lipinski definition) is 2. The molecule has 2 unspecified atom stereocenters. The molecule has 1 fully saturated rings. The van der Waals surface area contributed by atoms with Crippen molar-refractivity contribution in [3.8, 4) is 0 Å². The van der Waals surface area contributed by atoms with Gasteiger partial charge in [0.1, 0.15) is 0 Å². The molecule has 0 aliphatic heterocycles. The first-order valence-corrected chi connectivity index (χ1v) is 3.49. The van der Waals surface area contributed by atoms with Crippen molar-refractivity contribution in [2.75, 3.05) is 6.61 Å². The van der Waals surface area contributed by atoms with Crippen molar-refractivity contribution in [3.63, 3.8) is 0 Å². The molecule has 1 aliphatic carbocycles. The van der Waals surface area contributed by atoms with Crippen molar-refractivity contribution in [2.45, 2.75) is 31.8 Å². The van der Waals surface area contributed by atoms with Crippen molar-refractivity contribution in [2.24, 2.45) is 5.92 Å². The molecule has 0 bridgehead atoms. The fraction of sp³-hybridized carbons (Fsp3) is 1.00. The predicted molar refractivity (Wildman–Crippen MR) is 35.1 cm³/mol. The summed E-state index contributed by atoms with van der Waals surface area (Å²) >= 11 is 0. The Balaban J connectivity index is 2.45. The van der Waals surface area contributed by atoms with Crippen LogP contribution in [0.5, 0.6) is 0 Å². The normalized spacial score (nSPS) is 43.7. The van der Waals surface area contributed by atoms with Crippen LogP contribution in [0.15, 0.2) is 0 Å². The SMILES string of the molecule is CC1CCC(O)(CO)C1. The third-order valence-electron chi connectivity index (χ3n) is 2.13. The van der Waals surface area contributed by atoms with Crippen LogP contribution in [0, 0.1) is 5.92 Å². The zero-order valence-corrected chi connectivity index (χ0v) is 5.80. The maximum atomic E-state index is 9.42. The molecule has 0 spiro atoms. The molecule has 0 saturated heterocycles. The summed E-state index contributed by atoms with van der Waals surface area (Å²) in [7, 11) is 0. The van der Waals surface area contributed by atoms with Gasteiger partial charge in [0, 0.05) is 0 Å². The van der Waals surface area contributed by atoms with Crippen molar-refractivity contribution in [3.05, 3.63) is 0 Å². The minimum atomic E-state index is -0.737.